The SMILES string of the molecule is C=CC(=O)c1ccccc1C#N. The Morgan fingerprint density at radius 2 is 2.17 bits per heavy atom. The number of rotatable bonds is 2. The number of carbonyl (C=O) groups excluding carboxylic acids is 1. The van der Waals surface area contributed by atoms with E-state index in [0.717, 1.165) is 0 Å². The molecule has 0 N–H and O–H groups in total. The van der Waals surface area contributed by atoms with Crippen LogP contribution < -0.4 is 0 Å². The first kappa shape index (κ1) is 8.22. The monoisotopic (exact) mass is 157 g/mol. The van der Waals surface area contributed by atoms with Crippen LogP contribution in [-0.2, 0) is 0 Å². The van der Waals surface area contributed by atoms with Crippen LogP contribution in [0.4, 0.5) is 0 Å². The minimum absolute atomic E-state index is 0.216. The van der Waals surface area contributed by atoms with E-state index in [9.17, 15) is 4.79 Å². The van der Waals surface area contributed by atoms with Gasteiger partial charge < -0.3 is 0 Å². The second-order valence-electron chi connectivity index (χ2n) is 2.23. The highest BCUT2D eigenvalue weighted by molar-refractivity contribution is 6.05. The van der Waals surface area contributed by atoms with Crippen molar-refractivity contribution in [1.29, 1.82) is 5.26 Å². The Balaban J connectivity index is 3.24. The maximum atomic E-state index is 11.1. The van der Waals surface area contributed by atoms with E-state index in [1.165, 1.54) is 6.08 Å². The molecule has 1 rings (SSSR count). The quantitative estimate of drug-likeness (QED) is 0.486. The first-order valence-electron chi connectivity index (χ1n) is 3.45. The summed E-state index contributed by atoms with van der Waals surface area (Å²) in [5, 5.41) is 8.63. The Kier molecular flexibility index (Phi) is 2.39. The van der Waals surface area contributed by atoms with Gasteiger partial charge in [0.1, 0.15) is 0 Å². The van der Waals surface area contributed by atoms with Crippen LogP contribution in [0.3, 0.4) is 0 Å². The molecule has 0 radical (unpaired) electrons. The van der Waals surface area contributed by atoms with E-state index in [1.54, 1.807) is 24.3 Å². The molecule has 58 valence electrons. The van der Waals surface area contributed by atoms with Crippen molar-refractivity contribution in [2.45, 2.75) is 0 Å². The van der Waals surface area contributed by atoms with Crippen LogP contribution in [-0.4, -0.2) is 5.78 Å². The standard InChI is InChI=1S/C10H7NO/c1-2-10(12)9-6-4-3-5-8(9)7-11/h2-6H,1H2. The third-order valence-electron chi connectivity index (χ3n) is 1.50. The molecule has 1 aromatic carbocycles. The van der Waals surface area contributed by atoms with Gasteiger partial charge in [-0.1, -0.05) is 18.7 Å². The average Bonchev–Trinajstić information content (AvgIpc) is 2.16. The van der Waals surface area contributed by atoms with E-state index in [0.29, 0.717) is 11.1 Å². The molecule has 0 amide bonds. The zero-order valence-corrected chi connectivity index (χ0v) is 6.45. The van der Waals surface area contributed by atoms with Gasteiger partial charge in [0.05, 0.1) is 11.6 Å². The summed E-state index contributed by atoms with van der Waals surface area (Å²) in [6.45, 7) is 3.35. The number of benzene rings is 1. The average molecular weight is 157 g/mol. The zero-order valence-electron chi connectivity index (χ0n) is 6.45. The fourth-order valence-electron chi connectivity index (χ4n) is 0.905. The van der Waals surface area contributed by atoms with E-state index in [-0.39, 0.29) is 5.78 Å². The van der Waals surface area contributed by atoms with Crippen molar-refractivity contribution in [1.82, 2.24) is 0 Å². The smallest absolute Gasteiger partial charge is 0.186 e. The van der Waals surface area contributed by atoms with Crippen LogP contribution >= 0.6 is 0 Å². The predicted molar refractivity (Wildman–Crippen MR) is 45.7 cm³/mol. The highest BCUT2D eigenvalue weighted by Gasteiger charge is 2.05. The molecule has 2 heteroatoms. The molecule has 0 spiro atoms. The highest BCUT2D eigenvalue weighted by Crippen LogP contribution is 2.07. The number of nitrogens with zero attached hydrogens (tertiary/aromatic N) is 1. The Morgan fingerprint density at radius 1 is 1.50 bits per heavy atom. The molecule has 0 aliphatic heterocycles. The van der Waals surface area contributed by atoms with Crippen LogP contribution in [0, 0.1) is 11.3 Å². The van der Waals surface area contributed by atoms with E-state index in [2.05, 4.69) is 6.58 Å². The molecule has 0 fully saturated rings. The topological polar surface area (TPSA) is 40.9 Å². The lowest BCUT2D eigenvalue weighted by molar-refractivity contribution is 0.104. The summed E-state index contributed by atoms with van der Waals surface area (Å²) >= 11 is 0. The summed E-state index contributed by atoms with van der Waals surface area (Å²) < 4.78 is 0. The third kappa shape index (κ3) is 1.40. The second kappa shape index (κ2) is 3.49. The Morgan fingerprint density at radius 3 is 2.75 bits per heavy atom. The number of hydrogen-bond donors (Lipinski definition) is 0. The third-order valence-corrected chi connectivity index (χ3v) is 1.50. The molecule has 0 aliphatic rings. The summed E-state index contributed by atoms with van der Waals surface area (Å²) in [7, 11) is 0. The number of hydrogen-bond acceptors (Lipinski definition) is 2. The molecule has 0 bridgehead atoms. The van der Waals surface area contributed by atoms with Gasteiger partial charge in [-0.15, -0.1) is 0 Å². The molecular formula is C10H7NO. The van der Waals surface area contributed by atoms with Gasteiger partial charge in [0, 0.05) is 5.56 Å². The van der Waals surface area contributed by atoms with Crippen molar-refractivity contribution in [2.75, 3.05) is 0 Å². The van der Waals surface area contributed by atoms with E-state index in [1.807, 2.05) is 6.07 Å². The minimum atomic E-state index is -0.216. The van der Waals surface area contributed by atoms with Gasteiger partial charge in [-0.2, -0.15) is 5.26 Å². The predicted octanol–water partition coefficient (Wildman–Crippen LogP) is 1.93. The molecule has 1 aromatic rings. The molecular weight excluding hydrogens is 150 g/mol. The number of ketones is 1. The summed E-state index contributed by atoms with van der Waals surface area (Å²) in [5.74, 6) is -0.216. The highest BCUT2D eigenvalue weighted by atomic mass is 16.1. The number of carbonyl (C=O) groups is 1. The van der Waals surface area contributed by atoms with Crippen LogP contribution in [0.25, 0.3) is 0 Å². The Labute approximate surface area is 70.8 Å². The van der Waals surface area contributed by atoms with Gasteiger partial charge in [0.15, 0.2) is 5.78 Å². The molecule has 12 heavy (non-hydrogen) atoms. The maximum absolute atomic E-state index is 11.1. The molecule has 0 aromatic heterocycles. The van der Waals surface area contributed by atoms with Gasteiger partial charge in [-0.05, 0) is 18.2 Å². The molecule has 0 saturated carbocycles. The van der Waals surface area contributed by atoms with Crippen LogP contribution in [0.15, 0.2) is 36.9 Å². The summed E-state index contributed by atoms with van der Waals surface area (Å²) in [6, 6.07) is 8.60. The van der Waals surface area contributed by atoms with Crippen molar-refractivity contribution >= 4 is 5.78 Å². The van der Waals surface area contributed by atoms with E-state index >= 15 is 0 Å². The first-order chi connectivity index (χ1) is 5.79. The normalized spacial score (nSPS) is 8.58. The van der Waals surface area contributed by atoms with Crippen molar-refractivity contribution in [2.24, 2.45) is 0 Å². The van der Waals surface area contributed by atoms with Crippen LogP contribution in [0.5, 0.6) is 0 Å². The lowest BCUT2D eigenvalue weighted by atomic mass is 10.1. The first-order valence-corrected chi connectivity index (χ1v) is 3.45. The van der Waals surface area contributed by atoms with Gasteiger partial charge in [-0.25, -0.2) is 0 Å². The molecule has 2 nitrogen and oxygen atoms in total. The van der Waals surface area contributed by atoms with Crippen LogP contribution in [0.2, 0.25) is 0 Å². The zero-order chi connectivity index (χ0) is 8.97. The van der Waals surface area contributed by atoms with E-state index < -0.39 is 0 Å². The van der Waals surface area contributed by atoms with E-state index in [4.69, 9.17) is 5.26 Å². The molecule has 0 atom stereocenters. The Hall–Kier alpha value is -1.88. The fraction of sp³-hybridized carbons (Fsp3) is 0. The molecule has 0 unspecified atom stereocenters. The number of nitriles is 1. The Bertz CT molecular complexity index is 360. The number of allylic oxidation sites excluding steroid dienone is 1. The van der Waals surface area contributed by atoms with Gasteiger partial charge >= 0.3 is 0 Å². The molecule has 0 saturated heterocycles. The lowest BCUT2D eigenvalue weighted by Crippen LogP contribution is -1.96. The summed E-state index contributed by atoms with van der Waals surface area (Å²) in [4.78, 5) is 11.1. The summed E-state index contributed by atoms with van der Waals surface area (Å²) in [6.07, 6.45) is 1.20. The maximum Gasteiger partial charge on any atom is 0.186 e. The van der Waals surface area contributed by atoms with Crippen molar-refractivity contribution < 1.29 is 4.79 Å². The summed E-state index contributed by atoms with van der Waals surface area (Å²) in [5.41, 5.74) is 0.803. The lowest BCUT2D eigenvalue weighted by Gasteiger charge is -1.96. The largest absolute Gasteiger partial charge is 0.289 e. The van der Waals surface area contributed by atoms with Crippen molar-refractivity contribution in [3.63, 3.8) is 0 Å². The molecule has 0 aliphatic carbocycles. The van der Waals surface area contributed by atoms with Crippen LogP contribution in [0.1, 0.15) is 15.9 Å². The van der Waals surface area contributed by atoms with Crippen molar-refractivity contribution in [3.05, 3.63) is 48.0 Å². The fourth-order valence-corrected chi connectivity index (χ4v) is 0.905. The second-order valence-corrected chi connectivity index (χ2v) is 2.23. The van der Waals surface area contributed by atoms with Gasteiger partial charge in [0.25, 0.3) is 0 Å². The molecule has 0 heterocycles. The van der Waals surface area contributed by atoms with Gasteiger partial charge in [0.2, 0.25) is 0 Å². The van der Waals surface area contributed by atoms with Crippen molar-refractivity contribution in [3.8, 4) is 6.07 Å². The van der Waals surface area contributed by atoms with Gasteiger partial charge in [-0.3, -0.25) is 4.79 Å². The minimum Gasteiger partial charge on any atom is -0.289 e.